The van der Waals surface area contributed by atoms with Crippen LogP contribution < -0.4 is 5.73 Å². The molecule has 0 atom stereocenters. The second-order valence-electron chi connectivity index (χ2n) is 3.37. The zero-order valence-electron chi connectivity index (χ0n) is 8.54. The molecule has 0 bridgehead atoms. The third-order valence-electron chi connectivity index (χ3n) is 2.34. The minimum atomic E-state index is 0.599. The van der Waals surface area contributed by atoms with Crippen molar-refractivity contribution in [3.63, 3.8) is 0 Å². The average molecular weight is 239 g/mol. The molecule has 1 aromatic heterocycles. The van der Waals surface area contributed by atoms with Crippen molar-refractivity contribution in [1.29, 1.82) is 0 Å². The summed E-state index contributed by atoms with van der Waals surface area (Å²) in [5.74, 6) is 0. The van der Waals surface area contributed by atoms with Crippen molar-refractivity contribution >= 4 is 28.1 Å². The molecule has 0 saturated heterocycles. The number of halogens is 1. The molecule has 4 heteroatoms. The van der Waals surface area contributed by atoms with Gasteiger partial charge in [-0.05, 0) is 25.5 Å². The Hall–Kier alpha value is -1.06. The SMILES string of the molecule is Cc1sc(N)nc1-c1cccc(Cl)c1C. The van der Waals surface area contributed by atoms with E-state index in [-0.39, 0.29) is 0 Å². The van der Waals surface area contributed by atoms with Gasteiger partial charge >= 0.3 is 0 Å². The smallest absolute Gasteiger partial charge is 0.180 e. The molecule has 0 amide bonds. The van der Waals surface area contributed by atoms with Crippen LogP contribution in [0.25, 0.3) is 11.3 Å². The molecule has 0 radical (unpaired) electrons. The standard InChI is InChI=1S/C11H11ClN2S/c1-6-8(4-3-5-9(6)12)10-7(2)15-11(13)14-10/h3-5H,1-2H3,(H2,13,14). The molecule has 2 N–H and O–H groups in total. The van der Waals surface area contributed by atoms with Crippen molar-refractivity contribution < 1.29 is 0 Å². The molecule has 78 valence electrons. The second kappa shape index (κ2) is 3.83. The van der Waals surface area contributed by atoms with Gasteiger partial charge in [0.15, 0.2) is 5.13 Å². The van der Waals surface area contributed by atoms with Crippen LogP contribution in [-0.4, -0.2) is 4.98 Å². The molecule has 0 aliphatic heterocycles. The summed E-state index contributed by atoms with van der Waals surface area (Å²) in [4.78, 5) is 5.44. The van der Waals surface area contributed by atoms with E-state index in [4.69, 9.17) is 17.3 Å². The Labute approximate surface area is 97.7 Å². The highest BCUT2D eigenvalue weighted by Gasteiger charge is 2.11. The van der Waals surface area contributed by atoms with Gasteiger partial charge in [-0.15, -0.1) is 11.3 Å². The first-order valence-electron chi connectivity index (χ1n) is 4.58. The monoisotopic (exact) mass is 238 g/mol. The van der Waals surface area contributed by atoms with Crippen LogP contribution in [-0.2, 0) is 0 Å². The zero-order chi connectivity index (χ0) is 11.0. The number of hydrogen-bond acceptors (Lipinski definition) is 3. The molecule has 15 heavy (non-hydrogen) atoms. The number of rotatable bonds is 1. The van der Waals surface area contributed by atoms with Crippen LogP contribution in [0.2, 0.25) is 5.02 Å². The Morgan fingerprint density at radius 2 is 2.07 bits per heavy atom. The van der Waals surface area contributed by atoms with Gasteiger partial charge < -0.3 is 5.73 Å². The van der Waals surface area contributed by atoms with E-state index in [1.165, 1.54) is 11.3 Å². The maximum atomic E-state index is 6.07. The number of benzene rings is 1. The molecule has 2 nitrogen and oxygen atoms in total. The second-order valence-corrected chi connectivity index (χ2v) is 5.01. The first-order valence-corrected chi connectivity index (χ1v) is 5.77. The van der Waals surface area contributed by atoms with Crippen LogP contribution >= 0.6 is 22.9 Å². The van der Waals surface area contributed by atoms with Crippen LogP contribution in [0.4, 0.5) is 5.13 Å². The topological polar surface area (TPSA) is 38.9 Å². The van der Waals surface area contributed by atoms with Crippen LogP contribution in [0.15, 0.2) is 18.2 Å². The van der Waals surface area contributed by atoms with Crippen molar-refractivity contribution in [2.45, 2.75) is 13.8 Å². The van der Waals surface area contributed by atoms with E-state index >= 15 is 0 Å². The van der Waals surface area contributed by atoms with Gasteiger partial charge in [-0.3, -0.25) is 0 Å². The molecule has 0 saturated carbocycles. The lowest BCUT2D eigenvalue weighted by molar-refractivity contribution is 1.34. The fourth-order valence-electron chi connectivity index (χ4n) is 1.53. The molecule has 0 spiro atoms. The van der Waals surface area contributed by atoms with E-state index < -0.39 is 0 Å². The largest absolute Gasteiger partial charge is 0.375 e. The van der Waals surface area contributed by atoms with E-state index in [2.05, 4.69) is 4.98 Å². The highest BCUT2D eigenvalue weighted by molar-refractivity contribution is 7.15. The summed E-state index contributed by atoms with van der Waals surface area (Å²) in [6.07, 6.45) is 0. The Morgan fingerprint density at radius 1 is 1.33 bits per heavy atom. The summed E-state index contributed by atoms with van der Waals surface area (Å²) >= 11 is 7.57. The lowest BCUT2D eigenvalue weighted by Crippen LogP contribution is -1.87. The molecule has 0 unspecified atom stereocenters. The average Bonchev–Trinajstić information content (AvgIpc) is 2.50. The lowest BCUT2D eigenvalue weighted by atomic mass is 10.1. The molecule has 2 rings (SSSR count). The third kappa shape index (κ3) is 1.85. The van der Waals surface area contributed by atoms with E-state index in [9.17, 15) is 0 Å². The molecular formula is C11H11ClN2S. The van der Waals surface area contributed by atoms with E-state index in [1.54, 1.807) is 0 Å². The number of aryl methyl sites for hydroxylation is 1. The quantitative estimate of drug-likeness (QED) is 0.824. The number of anilines is 1. The number of aromatic nitrogens is 1. The van der Waals surface area contributed by atoms with Crippen LogP contribution in [0.5, 0.6) is 0 Å². The summed E-state index contributed by atoms with van der Waals surface area (Å²) in [6, 6.07) is 5.83. The van der Waals surface area contributed by atoms with Crippen molar-refractivity contribution in [2.24, 2.45) is 0 Å². The predicted molar refractivity (Wildman–Crippen MR) is 66.4 cm³/mol. The van der Waals surface area contributed by atoms with Gasteiger partial charge in [0.2, 0.25) is 0 Å². The maximum Gasteiger partial charge on any atom is 0.180 e. The first-order chi connectivity index (χ1) is 7.09. The van der Waals surface area contributed by atoms with E-state index in [1.807, 2.05) is 32.0 Å². The van der Waals surface area contributed by atoms with Gasteiger partial charge in [0, 0.05) is 15.5 Å². The van der Waals surface area contributed by atoms with Crippen LogP contribution in [0.1, 0.15) is 10.4 Å². The summed E-state index contributed by atoms with van der Waals surface area (Å²) in [5.41, 5.74) is 8.73. The summed E-state index contributed by atoms with van der Waals surface area (Å²) in [5, 5.41) is 1.36. The first kappa shape index (κ1) is 10.5. The fraction of sp³-hybridized carbons (Fsp3) is 0.182. The number of thiazole rings is 1. The fourth-order valence-corrected chi connectivity index (χ4v) is 2.41. The summed E-state index contributed by atoms with van der Waals surface area (Å²) in [6.45, 7) is 4.01. The number of nitrogens with two attached hydrogens (primary N) is 1. The van der Waals surface area contributed by atoms with Gasteiger partial charge in [-0.2, -0.15) is 0 Å². The Morgan fingerprint density at radius 3 is 2.67 bits per heavy atom. The third-order valence-corrected chi connectivity index (χ3v) is 3.55. The molecule has 0 aliphatic carbocycles. The molecular weight excluding hydrogens is 228 g/mol. The van der Waals surface area contributed by atoms with Gasteiger partial charge in [0.05, 0.1) is 5.69 Å². The zero-order valence-corrected chi connectivity index (χ0v) is 10.1. The number of nitrogens with zero attached hydrogens (tertiary/aromatic N) is 1. The van der Waals surface area contributed by atoms with Gasteiger partial charge in [0.1, 0.15) is 0 Å². The lowest BCUT2D eigenvalue weighted by Gasteiger charge is -2.05. The van der Waals surface area contributed by atoms with Crippen LogP contribution in [0.3, 0.4) is 0 Å². The minimum Gasteiger partial charge on any atom is -0.375 e. The molecule has 1 aromatic carbocycles. The van der Waals surface area contributed by atoms with Crippen molar-refractivity contribution in [3.05, 3.63) is 33.7 Å². The number of nitrogen functional groups attached to an aromatic ring is 1. The normalized spacial score (nSPS) is 10.6. The molecule has 0 aliphatic rings. The van der Waals surface area contributed by atoms with Crippen molar-refractivity contribution in [1.82, 2.24) is 4.98 Å². The Bertz CT molecular complexity index is 505. The molecule has 1 heterocycles. The van der Waals surface area contributed by atoms with E-state index in [0.29, 0.717) is 5.13 Å². The van der Waals surface area contributed by atoms with Gasteiger partial charge in [0.25, 0.3) is 0 Å². The van der Waals surface area contributed by atoms with Crippen molar-refractivity contribution in [2.75, 3.05) is 5.73 Å². The molecule has 2 aromatic rings. The van der Waals surface area contributed by atoms with Crippen LogP contribution in [0, 0.1) is 13.8 Å². The minimum absolute atomic E-state index is 0.599. The van der Waals surface area contributed by atoms with Gasteiger partial charge in [-0.25, -0.2) is 4.98 Å². The summed E-state index contributed by atoms with van der Waals surface area (Å²) < 4.78 is 0. The van der Waals surface area contributed by atoms with Crippen molar-refractivity contribution in [3.8, 4) is 11.3 Å². The number of hydrogen-bond donors (Lipinski definition) is 1. The maximum absolute atomic E-state index is 6.07. The molecule has 0 fully saturated rings. The highest BCUT2D eigenvalue weighted by atomic mass is 35.5. The Balaban J connectivity index is 2.64. The Kier molecular flexibility index (Phi) is 2.67. The predicted octanol–water partition coefficient (Wildman–Crippen LogP) is 3.66. The van der Waals surface area contributed by atoms with Gasteiger partial charge in [-0.1, -0.05) is 23.7 Å². The highest BCUT2D eigenvalue weighted by Crippen LogP contribution is 2.33. The summed E-state index contributed by atoms with van der Waals surface area (Å²) in [7, 11) is 0. The van der Waals surface area contributed by atoms with E-state index in [0.717, 1.165) is 26.7 Å².